The standard InChI is InChI=1S/C25H31FN2O5.BrH/c1-8-33-19-10-14(9-16(22(19)31-6)25(2,3)4)17(29)13-28-12-15-11-18(30-5)23(32-7)21(26)20(15)24(28)27;/h9-11,27H,8,12-13H2,1-7H3;1H. The van der Waals surface area contributed by atoms with Crippen molar-refractivity contribution in [3.05, 3.63) is 46.3 Å². The summed E-state index contributed by atoms with van der Waals surface area (Å²) in [6.45, 7) is 8.52. The molecule has 9 heteroatoms. The van der Waals surface area contributed by atoms with Gasteiger partial charge in [0.25, 0.3) is 0 Å². The fraction of sp³-hybridized carbons (Fsp3) is 0.440. The maximum Gasteiger partial charge on any atom is 0.197 e. The summed E-state index contributed by atoms with van der Waals surface area (Å²) in [5.74, 6) is 0.360. The molecule has 1 N–H and O–H groups in total. The highest BCUT2D eigenvalue weighted by Gasteiger charge is 2.33. The first-order valence-electron chi connectivity index (χ1n) is 10.7. The first kappa shape index (κ1) is 27.4. The van der Waals surface area contributed by atoms with Crippen LogP contribution in [0.15, 0.2) is 18.2 Å². The van der Waals surface area contributed by atoms with Gasteiger partial charge in [-0.25, -0.2) is 4.39 Å². The number of carbonyl (C=O) groups excluding carboxylic acids is 1. The molecule has 186 valence electrons. The first-order valence-corrected chi connectivity index (χ1v) is 10.7. The Hall–Kier alpha value is -2.81. The smallest absolute Gasteiger partial charge is 0.197 e. The average molecular weight is 539 g/mol. The molecule has 1 aliphatic heterocycles. The summed E-state index contributed by atoms with van der Waals surface area (Å²) in [5.41, 5.74) is 1.70. The highest BCUT2D eigenvalue weighted by Crippen LogP contribution is 2.41. The largest absolute Gasteiger partial charge is 0.493 e. The van der Waals surface area contributed by atoms with Crippen molar-refractivity contribution in [3.8, 4) is 23.0 Å². The van der Waals surface area contributed by atoms with Gasteiger partial charge in [0.05, 0.1) is 40.0 Å². The Balaban J connectivity index is 0.00000408. The van der Waals surface area contributed by atoms with Gasteiger partial charge in [-0.05, 0) is 36.1 Å². The normalized spacial score (nSPS) is 12.7. The van der Waals surface area contributed by atoms with Gasteiger partial charge in [0.15, 0.2) is 34.6 Å². The summed E-state index contributed by atoms with van der Waals surface area (Å²) in [5, 5.41) is 8.49. The number of ether oxygens (including phenoxy) is 4. The van der Waals surface area contributed by atoms with Crippen LogP contribution in [0.5, 0.6) is 23.0 Å². The van der Waals surface area contributed by atoms with Gasteiger partial charge in [-0.15, -0.1) is 17.0 Å². The lowest BCUT2D eigenvalue weighted by molar-refractivity contribution is 0.0962. The summed E-state index contributed by atoms with van der Waals surface area (Å²) in [7, 11) is 4.35. The van der Waals surface area contributed by atoms with E-state index < -0.39 is 5.82 Å². The molecule has 0 aliphatic carbocycles. The number of nitrogens with zero attached hydrogens (tertiary/aromatic N) is 1. The number of fused-ring (bicyclic) bond motifs is 1. The minimum Gasteiger partial charge on any atom is -0.493 e. The third-order valence-corrected chi connectivity index (χ3v) is 5.63. The van der Waals surface area contributed by atoms with Gasteiger partial charge in [0.1, 0.15) is 5.84 Å². The molecule has 0 aromatic heterocycles. The molecule has 0 saturated carbocycles. The van der Waals surface area contributed by atoms with E-state index in [1.165, 1.54) is 19.1 Å². The Bertz CT molecular complexity index is 1100. The van der Waals surface area contributed by atoms with Crippen molar-refractivity contribution in [1.29, 1.82) is 5.41 Å². The molecule has 7 nitrogen and oxygen atoms in total. The molecule has 0 atom stereocenters. The van der Waals surface area contributed by atoms with Crippen LogP contribution in [0, 0.1) is 11.2 Å². The number of Topliss-reactive ketones (excluding diaryl/α,β-unsaturated/α-hetero) is 1. The molecule has 34 heavy (non-hydrogen) atoms. The molecule has 0 radical (unpaired) electrons. The monoisotopic (exact) mass is 538 g/mol. The number of benzene rings is 2. The lowest BCUT2D eigenvalue weighted by Crippen LogP contribution is -2.30. The average Bonchev–Trinajstić information content (AvgIpc) is 3.07. The van der Waals surface area contributed by atoms with Crippen LogP contribution in [0.1, 0.15) is 54.7 Å². The number of ketones is 1. The second kappa shape index (κ2) is 10.6. The van der Waals surface area contributed by atoms with E-state index in [4.69, 9.17) is 24.4 Å². The van der Waals surface area contributed by atoms with E-state index >= 15 is 4.39 Å². The Morgan fingerprint density at radius 3 is 2.24 bits per heavy atom. The number of carbonyl (C=O) groups is 1. The van der Waals surface area contributed by atoms with Gasteiger partial charge in [0.2, 0.25) is 0 Å². The van der Waals surface area contributed by atoms with E-state index in [2.05, 4.69) is 0 Å². The predicted octanol–water partition coefficient (Wildman–Crippen LogP) is 5.15. The lowest BCUT2D eigenvalue weighted by atomic mass is 9.84. The predicted molar refractivity (Wildman–Crippen MR) is 134 cm³/mol. The number of hydrogen-bond donors (Lipinski definition) is 1. The maximum absolute atomic E-state index is 15.0. The molecule has 2 aromatic carbocycles. The number of nitrogens with one attached hydrogen (secondary N) is 1. The molecule has 0 saturated heterocycles. The molecule has 3 rings (SSSR count). The quantitative estimate of drug-likeness (QED) is 0.468. The summed E-state index contributed by atoms with van der Waals surface area (Å²) in [6, 6.07) is 5.12. The van der Waals surface area contributed by atoms with Crippen LogP contribution in [-0.2, 0) is 12.0 Å². The molecule has 0 spiro atoms. The van der Waals surface area contributed by atoms with Crippen molar-refractivity contribution in [1.82, 2.24) is 4.90 Å². The third kappa shape index (κ3) is 4.99. The SMILES string of the molecule is Br.CCOc1cc(C(=O)CN2Cc3cc(OC)c(OC)c(F)c3C2=N)cc(C(C)(C)C)c1OC. The highest BCUT2D eigenvalue weighted by molar-refractivity contribution is 8.93. The topological polar surface area (TPSA) is 81.1 Å². The highest BCUT2D eigenvalue weighted by atomic mass is 79.9. The summed E-state index contributed by atoms with van der Waals surface area (Å²) < 4.78 is 36.7. The maximum atomic E-state index is 15.0. The van der Waals surface area contributed by atoms with Gasteiger partial charge in [0, 0.05) is 17.7 Å². The molecular weight excluding hydrogens is 507 g/mol. The van der Waals surface area contributed by atoms with Crippen molar-refractivity contribution < 1.29 is 28.1 Å². The van der Waals surface area contributed by atoms with Gasteiger partial charge < -0.3 is 23.8 Å². The zero-order valence-corrected chi connectivity index (χ0v) is 22.3. The Morgan fingerprint density at radius 2 is 1.71 bits per heavy atom. The molecule has 0 fully saturated rings. The van der Waals surface area contributed by atoms with Gasteiger partial charge >= 0.3 is 0 Å². The fourth-order valence-electron chi connectivity index (χ4n) is 4.02. The number of methoxy groups -OCH3 is 3. The van der Waals surface area contributed by atoms with Crippen LogP contribution in [0.3, 0.4) is 0 Å². The van der Waals surface area contributed by atoms with Crippen molar-refractivity contribution in [2.75, 3.05) is 34.5 Å². The minimum absolute atomic E-state index is 0. The minimum atomic E-state index is -0.662. The number of amidine groups is 1. The van der Waals surface area contributed by atoms with E-state index in [0.29, 0.717) is 29.2 Å². The molecule has 0 amide bonds. The van der Waals surface area contributed by atoms with Crippen LogP contribution in [0.4, 0.5) is 4.39 Å². The van der Waals surface area contributed by atoms with E-state index in [9.17, 15) is 4.79 Å². The van der Waals surface area contributed by atoms with Crippen molar-refractivity contribution >= 4 is 28.6 Å². The number of halogens is 2. The third-order valence-electron chi connectivity index (χ3n) is 5.63. The second-order valence-corrected chi connectivity index (χ2v) is 8.83. The Morgan fingerprint density at radius 1 is 1.06 bits per heavy atom. The molecule has 0 bridgehead atoms. The number of rotatable bonds is 8. The lowest BCUT2D eigenvalue weighted by Gasteiger charge is -2.25. The molecular formula is C25H32BrFN2O5. The molecule has 2 aromatic rings. The second-order valence-electron chi connectivity index (χ2n) is 8.83. The first-order chi connectivity index (χ1) is 15.6. The zero-order chi connectivity index (χ0) is 24.5. The van der Waals surface area contributed by atoms with E-state index in [0.717, 1.165) is 5.56 Å². The van der Waals surface area contributed by atoms with Crippen LogP contribution >= 0.6 is 17.0 Å². The van der Waals surface area contributed by atoms with E-state index in [1.54, 1.807) is 19.2 Å². The van der Waals surface area contributed by atoms with E-state index in [1.807, 2.05) is 33.8 Å². The molecule has 1 aliphatic rings. The molecule has 1 heterocycles. The van der Waals surface area contributed by atoms with Crippen molar-refractivity contribution in [2.45, 2.75) is 39.7 Å². The summed E-state index contributed by atoms with van der Waals surface area (Å²) in [6.07, 6.45) is 0. The fourth-order valence-corrected chi connectivity index (χ4v) is 4.02. The number of hydrogen-bond acceptors (Lipinski definition) is 6. The van der Waals surface area contributed by atoms with Crippen LogP contribution in [0.2, 0.25) is 0 Å². The molecule has 0 unspecified atom stereocenters. The Kier molecular flexibility index (Phi) is 8.58. The zero-order valence-electron chi connectivity index (χ0n) is 20.6. The van der Waals surface area contributed by atoms with Gasteiger partial charge in [-0.3, -0.25) is 10.2 Å². The van der Waals surface area contributed by atoms with Crippen molar-refractivity contribution in [2.24, 2.45) is 0 Å². The summed E-state index contributed by atoms with van der Waals surface area (Å²) >= 11 is 0. The van der Waals surface area contributed by atoms with Crippen LogP contribution in [-0.4, -0.2) is 51.0 Å². The van der Waals surface area contributed by atoms with Crippen LogP contribution in [0.25, 0.3) is 0 Å². The van der Waals surface area contributed by atoms with Crippen LogP contribution < -0.4 is 18.9 Å². The van der Waals surface area contributed by atoms with E-state index in [-0.39, 0.29) is 64.2 Å². The Labute approximate surface area is 210 Å². The summed E-state index contributed by atoms with van der Waals surface area (Å²) in [4.78, 5) is 14.8. The van der Waals surface area contributed by atoms with Gasteiger partial charge in [-0.2, -0.15) is 0 Å². The van der Waals surface area contributed by atoms with Crippen molar-refractivity contribution in [3.63, 3.8) is 0 Å². The van der Waals surface area contributed by atoms with Gasteiger partial charge in [-0.1, -0.05) is 20.8 Å².